The van der Waals surface area contributed by atoms with Gasteiger partial charge in [-0.25, -0.2) is 0 Å². The van der Waals surface area contributed by atoms with E-state index >= 15 is 0 Å². The van der Waals surface area contributed by atoms with E-state index < -0.39 is 10.5 Å². The fourth-order valence-electron chi connectivity index (χ4n) is 2.02. The molecule has 3 nitrogen and oxygen atoms in total. The number of nitrogens with zero attached hydrogens (tertiary/aromatic N) is 2. The highest BCUT2D eigenvalue weighted by Gasteiger charge is 2.46. The summed E-state index contributed by atoms with van der Waals surface area (Å²) in [5.74, 6) is -0.0686. The third-order valence-electron chi connectivity index (χ3n) is 2.56. The third-order valence-corrected chi connectivity index (χ3v) is 2.88. The van der Waals surface area contributed by atoms with Crippen LogP contribution in [0.4, 0.5) is 0 Å². The lowest BCUT2D eigenvalue weighted by Crippen LogP contribution is -2.57. The van der Waals surface area contributed by atoms with Crippen LogP contribution in [-0.4, -0.2) is 20.8 Å². The fraction of sp³-hybridized carbons (Fsp3) is 0.889. The molecule has 0 saturated carbocycles. The lowest BCUT2D eigenvalue weighted by atomic mass is 9.81. The molecule has 0 aliphatic carbocycles. The zero-order valence-electron chi connectivity index (χ0n) is 8.21. The summed E-state index contributed by atoms with van der Waals surface area (Å²) in [7, 11) is 0. The molecule has 0 aromatic carbocycles. The Morgan fingerprint density at radius 1 is 1.46 bits per heavy atom. The number of rotatable bonds is 0. The van der Waals surface area contributed by atoms with Crippen molar-refractivity contribution in [2.75, 3.05) is 0 Å². The molecule has 1 N–H and O–H groups in total. The normalized spacial score (nSPS) is 39.8. The Morgan fingerprint density at radius 2 is 2.00 bits per heavy atom. The summed E-state index contributed by atoms with van der Waals surface area (Å²) in [6, 6.07) is 2.21. The van der Waals surface area contributed by atoms with Crippen molar-refractivity contribution in [2.45, 2.75) is 44.1 Å². The van der Waals surface area contributed by atoms with E-state index in [1.165, 1.54) is 0 Å². The summed E-state index contributed by atoms with van der Waals surface area (Å²) in [4.78, 5) is -0.817. The molecule has 1 aliphatic heterocycles. The highest BCUT2D eigenvalue weighted by molar-refractivity contribution is 6.23. The molecule has 0 bridgehead atoms. The fourth-order valence-corrected chi connectivity index (χ4v) is 2.44. The van der Waals surface area contributed by atoms with Crippen LogP contribution in [-0.2, 0) is 0 Å². The van der Waals surface area contributed by atoms with Crippen molar-refractivity contribution in [1.29, 1.82) is 5.26 Å². The van der Waals surface area contributed by atoms with Crippen LogP contribution in [0.3, 0.4) is 0 Å². The van der Waals surface area contributed by atoms with Gasteiger partial charge in [0.15, 0.2) is 0 Å². The van der Waals surface area contributed by atoms with Crippen molar-refractivity contribution in [3.05, 3.63) is 0 Å². The number of hydroxylamine groups is 2. The Hall–Kier alpha value is -0.300. The maximum atomic E-state index is 9.77. The lowest BCUT2D eigenvalue weighted by molar-refractivity contribution is -0.226. The third kappa shape index (κ3) is 1.96. The molecule has 1 rings (SSSR count). The standard InChI is InChI=1S/C9H15ClN2O/c1-8(2)4-7(6-11)5-9(3,10)12(8)13/h7,13H,4-5H2,1-3H3. The average Bonchev–Trinajstić information content (AvgIpc) is 1.99. The van der Waals surface area contributed by atoms with Gasteiger partial charge in [-0.15, -0.1) is 0 Å². The predicted octanol–water partition coefficient (Wildman–Crippen LogP) is 2.34. The molecular weight excluding hydrogens is 188 g/mol. The summed E-state index contributed by atoms with van der Waals surface area (Å²) in [6.07, 6.45) is 1.16. The second-order valence-electron chi connectivity index (χ2n) is 4.50. The Morgan fingerprint density at radius 3 is 2.38 bits per heavy atom. The number of alkyl halides is 1. The molecular formula is C9H15ClN2O. The summed E-state index contributed by atoms with van der Waals surface area (Å²) in [5, 5.41) is 19.8. The van der Waals surface area contributed by atoms with E-state index in [0.29, 0.717) is 12.8 Å². The first-order valence-corrected chi connectivity index (χ1v) is 4.75. The van der Waals surface area contributed by atoms with E-state index in [9.17, 15) is 5.21 Å². The summed E-state index contributed by atoms with van der Waals surface area (Å²) >= 11 is 6.11. The molecule has 2 unspecified atom stereocenters. The topological polar surface area (TPSA) is 47.3 Å². The minimum atomic E-state index is -0.817. The van der Waals surface area contributed by atoms with Crippen LogP contribution in [0.1, 0.15) is 33.6 Å². The maximum Gasteiger partial charge on any atom is 0.118 e. The van der Waals surface area contributed by atoms with E-state index in [4.69, 9.17) is 16.9 Å². The van der Waals surface area contributed by atoms with Gasteiger partial charge in [-0.2, -0.15) is 10.3 Å². The molecule has 0 amide bonds. The number of halogens is 1. The summed E-state index contributed by atoms with van der Waals surface area (Å²) < 4.78 is 0. The van der Waals surface area contributed by atoms with Gasteiger partial charge in [-0.1, -0.05) is 11.6 Å². The molecule has 0 aromatic rings. The number of piperidine rings is 1. The summed E-state index contributed by atoms with van der Waals surface area (Å²) in [6.45, 7) is 5.51. The second kappa shape index (κ2) is 3.13. The molecule has 1 aliphatic rings. The van der Waals surface area contributed by atoms with Crippen molar-refractivity contribution < 1.29 is 5.21 Å². The minimum absolute atomic E-state index is 0.0686. The maximum absolute atomic E-state index is 9.77. The minimum Gasteiger partial charge on any atom is -0.312 e. The van der Waals surface area contributed by atoms with Gasteiger partial charge in [0, 0.05) is 5.54 Å². The van der Waals surface area contributed by atoms with Gasteiger partial charge in [0.25, 0.3) is 0 Å². The van der Waals surface area contributed by atoms with Gasteiger partial charge >= 0.3 is 0 Å². The molecule has 1 saturated heterocycles. The molecule has 2 atom stereocenters. The molecule has 1 heterocycles. The van der Waals surface area contributed by atoms with Crippen molar-refractivity contribution in [3.8, 4) is 6.07 Å². The van der Waals surface area contributed by atoms with Crippen LogP contribution in [0, 0.1) is 17.2 Å². The number of hydrogen-bond acceptors (Lipinski definition) is 3. The predicted molar refractivity (Wildman–Crippen MR) is 50.3 cm³/mol. The Bertz CT molecular complexity index is 226. The highest BCUT2D eigenvalue weighted by Crippen LogP contribution is 2.41. The van der Waals surface area contributed by atoms with E-state index in [1.54, 1.807) is 6.92 Å². The van der Waals surface area contributed by atoms with Crippen molar-refractivity contribution in [1.82, 2.24) is 5.06 Å². The Balaban J connectivity index is 2.90. The van der Waals surface area contributed by atoms with Gasteiger partial charge in [0.05, 0.1) is 12.0 Å². The van der Waals surface area contributed by atoms with Crippen LogP contribution >= 0.6 is 11.6 Å². The number of hydrogen-bond donors (Lipinski definition) is 1. The molecule has 0 radical (unpaired) electrons. The molecule has 0 spiro atoms. The van der Waals surface area contributed by atoms with E-state index in [1.807, 2.05) is 13.8 Å². The zero-order chi connectivity index (χ0) is 10.3. The first kappa shape index (κ1) is 10.8. The van der Waals surface area contributed by atoms with Crippen molar-refractivity contribution in [3.63, 3.8) is 0 Å². The van der Waals surface area contributed by atoms with Crippen LogP contribution in [0.2, 0.25) is 0 Å². The zero-order valence-corrected chi connectivity index (χ0v) is 8.97. The van der Waals surface area contributed by atoms with E-state index in [2.05, 4.69) is 6.07 Å². The SMILES string of the molecule is CC1(C)CC(C#N)CC(C)(Cl)N1O. The Kier molecular flexibility index (Phi) is 2.59. The largest absolute Gasteiger partial charge is 0.312 e. The van der Waals surface area contributed by atoms with Gasteiger partial charge in [0.2, 0.25) is 0 Å². The summed E-state index contributed by atoms with van der Waals surface area (Å²) in [5.41, 5.74) is -0.421. The van der Waals surface area contributed by atoms with E-state index in [-0.39, 0.29) is 5.92 Å². The monoisotopic (exact) mass is 202 g/mol. The van der Waals surface area contributed by atoms with Gasteiger partial charge < -0.3 is 5.21 Å². The first-order chi connectivity index (χ1) is 5.79. The average molecular weight is 203 g/mol. The lowest BCUT2D eigenvalue weighted by Gasteiger charge is -2.48. The Labute approximate surface area is 83.9 Å². The first-order valence-electron chi connectivity index (χ1n) is 4.37. The number of nitriles is 1. The van der Waals surface area contributed by atoms with Crippen LogP contribution in [0.15, 0.2) is 0 Å². The van der Waals surface area contributed by atoms with Crippen molar-refractivity contribution in [2.24, 2.45) is 5.92 Å². The molecule has 0 aromatic heterocycles. The second-order valence-corrected chi connectivity index (χ2v) is 5.32. The highest BCUT2D eigenvalue weighted by atomic mass is 35.5. The molecule has 4 heteroatoms. The molecule has 1 fully saturated rings. The van der Waals surface area contributed by atoms with Gasteiger partial charge in [-0.3, -0.25) is 0 Å². The van der Waals surface area contributed by atoms with Crippen LogP contribution in [0.5, 0.6) is 0 Å². The van der Waals surface area contributed by atoms with E-state index in [0.717, 1.165) is 5.06 Å². The van der Waals surface area contributed by atoms with Crippen molar-refractivity contribution >= 4 is 11.6 Å². The van der Waals surface area contributed by atoms with Crippen LogP contribution < -0.4 is 0 Å². The molecule has 13 heavy (non-hydrogen) atoms. The van der Waals surface area contributed by atoms with Gasteiger partial charge in [0.1, 0.15) is 5.00 Å². The quantitative estimate of drug-likeness (QED) is 0.485. The smallest absolute Gasteiger partial charge is 0.118 e. The molecule has 74 valence electrons. The van der Waals surface area contributed by atoms with Crippen LogP contribution in [0.25, 0.3) is 0 Å². The van der Waals surface area contributed by atoms with Gasteiger partial charge in [-0.05, 0) is 33.6 Å².